The number of hydrogen-bond acceptors (Lipinski definition) is 5. The van der Waals surface area contributed by atoms with E-state index in [9.17, 15) is 4.79 Å². The molecule has 1 aliphatic heterocycles. The van der Waals surface area contributed by atoms with E-state index < -0.39 is 8.80 Å². The van der Waals surface area contributed by atoms with Gasteiger partial charge in [-0.2, -0.15) is 0 Å². The van der Waals surface area contributed by atoms with Gasteiger partial charge in [-0.25, -0.2) is 0 Å². The summed E-state index contributed by atoms with van der Waals surface area (Å²) < 4.78 is 18.0. The molecule has 1 amide bonds. The van der Waals surface area contributed by atoms with Crippen molar-refractivity contribution in [3.63, 3.8) is 0 Å². The molecule has 0 radical (unpaired) electrons. The Hall–Kier alpha value is -0.473. The smallest absolute Gasteiger partial charge is 0.373 e. The highest BCUT2D eigenvalue weighted by Crippen LogP contribution is 2.29. The van der Waals surface area contributed by atoms with Crippen molar-refractivity contribution in [2.75, 3.05) is 26.4 Å². The lowest BCUT2D eigenvalue weighted by Crippen LogP contribution is -2.64. The number of nitrogens with two attached hydrogens (primary N) is 1. The maximum absolute atomic E-state index is 11.7. The molecule has 1 heterocycles. The van der Waals surface area contributed by atoms with Crippen LogP contribution >= 0.6 is 0 Å². The van der Waals surface area contributed by atoms with Crippen LogP contribution in [0.25, 0.3) is 0 Å². The summed E-state index contributed by atoms with van der Waals surface area (Å²) in [5.41, 5.74) is 5.54. The standard InChI is InChI=1S/C14H30N2O4Si/c1-5-13(16-11-9-10-12(16)14(15)17)21(18-6-2,19-7-3)20-8-4/h12-13H,5-11H2,1-4H3,(H2,15,17). The Morgan fingerprint density at radius 2 is 1.71 bits per heavy atom. The number of carbonyl (C=O) groups is 1. The number of hydrogen-bond donors (Lipinski definition) is 1. The van der Waals surface area contributed by atoms with Crippen molar-refractivity contribution < 1.29 is 18.1 Å². The van der Waals surface area contributed by atoms with Gasteiger partial charge in [-0.3, -0.25) is 9.69 Å². The average Bonchev–Trinajstić information content (AvgIpc) is 2.89. The van der Waals surface area contributed by atoms with Crippen molar-refractivity contribution in [3.05, 3.63) is 0 Å². The summed E-state index contributed by atoms with van der Waals surface area (Å²) >= 11 is 0. The van der Waals surface area contributed by atoms with Gasteiger partial charge in [0.1, 0.15) is 0 Å². The minimum Gasteiger partial charge on any atom is -0.373 e. The monoisotopic (exact) mass is 318 g/mol. The first-order valence-corrected chi connectivity index (χ1v) is 9.83. The van der Waals surface area contributed by atoms with Gasteiger partial charge in [0.2, 0.25) is 5.91 Å². The second-order valence-electron chi connectivity index (χ2n) is 5.12. The minimum atomic E-state index is -2.86. The van der Waals surface area contributed by atoms with Crippen LogP contribution in [0.2, 0.25) is 0 Å². The molecule has 124 valence electrons. The van der Waals surface area contributed by atoms with Crippen LogP contribution in [-0.2, 0) is 18.1 Å². The molecule has 2 N–H and O–H groups in total. The van der Waals surface area contributed by atoms with Crippen molar-refractivity contribution in [1.82, 2.24) is 4.90 Å². The third-order valence-electron chi connectivity index (χ3n) is 3.85. The molecule has 7 heteroatoms. The fraction of sp³-hybridized carbons (Fsp3) is 0.929. The van der Waals surface area contributed by atoms with Crippen LogP contribution in [0.1, 0.15) is 47.0 Å². The second-order valence-corrected chi connectivity index (χ2v) is 7.86. The summed E-state index contributed by atoms with van der Waals surface area (Å²) in [6.07, 6.45) is 2.59. The molecule has 6 nitrogen and oxygen atoms in total. The van der Waals surface area contributed by atoms with E-state index in [1.54, 1.807) is 0 Å². The molecule has 0 bridgehead atoms. The molecule has 0 aromatic heterocycles. The van der Waals surface area contributed by atoms with Crippen molar-refractivity contribution >= 4 is 14.7 Å². The van der Waals surface area contributed by atoms with Crippen LogP contribution in [0.4, 0.5) is 0 Å². The number of nitrogens with zero attached hydrogens (tertiary/aromatic N) is 1. The summed E-state index contributed by atoms with van der Waals surface area (Å²) in [5.74, 6) is -0.265. The van der Waals surface area contributed by atoms with Gasteiger partial charge in [0.15, 0.2) is 0 Å². The number of rotatable bonds is 10. The zero-order chi connectivity index (χ0) is 15.9. The highest BCUT2D eigenvalue weighted by atomic mass is 28.4. The van der Waals surface area contributed by atoms with Crippen LogP contribution < -0.4 is 5.73 Å². The Balaban J connectivity index is 3.06. The molecule has 0 aromatic carbocycles. The van der Waals surface area contributed by atoms with Crippen LogP contribution in [0, 0.1) is 0 Å². The number of primary amides is 1. The molecule has 2 atom stereocenters. The zero-order valence-corrected chi connectivity index (χ0v) is 14.8. The molecule has 0 saturated carbocycles. The first kappa shape index (κ1) is 18.6. The largest absolute Gasteiger partial charge is 0.519 e. The number of amides is 1. The fourth-order valence-electron chi connectivity index (χ4n) is 3.17. The van der Waals surface area contributed by atoms with Gasteiger partial charge in [-0.1, -0.05) is 6.92 Å². The van der Waals surface area contributed by atoms with E-state index >= 15 is 0 Å². The van der Waals surface area contributed by atoms with E-state index in [2.05, 4.69) is 11.8 Å². The van der Waals surface area contributed by atoms with E-state index in [0.29, 0.717) is 19.8 Å². The van der Waals surface area contributed by atoms with Gasteiger partial charge < -0.3 is 19.0 Å². The third-order valence-corrected chi connectivity index (χ3v) is 7.48. The number of likely N-dealkylation sites (tertiary alicyclic amines) is 1. The molecule has 0 aromatic rings. The molecule has 1 aliphatic rings. The Kier molecular flexibility index (Phi) is 7.82. The highest BCUT2D eigenvalue weighted by Gasteiger charge is 2.53. The lowest BCUT2D eigenvalue weighted by molar-refractivity contribution is -0.123. The van der Waals surface area contributed by atoms with Crippen molar-refractivity contribution in [3.8, 4) is 0 Å². The third kappa shape index (κ3) is 4.26. The van der Waals surface area contributed by atoms with E-state index in [1.165, 1.54) is 0 Å². The van der Waals surface area contributed by atoms with E-state index in [1.807, 2.05) is 20.8 Å². The molecular formula is C14H30N2O4Si. The Morgan fingerprint density at radius 3 is 2.10 bits per heavy atom. The Labute approximate surface area is 129 Å². The van der Waals surface area contributed by atoms with Gasteiger partial charge >= 0.3 is 8.80 Å². The Bertz CT molecular complexity index is 313. The van der Waals surface area contributed by atoms with Gasteiger partial charge in [0.05, 0.1) is 11.7 Å². The molecule has 1 saturated heterocycles. The molecule has 21 heavy (non-hydrogen) atoms. The second kappa shape index (κ2) is 8.85. The highest BCUT2D eigenvalue weighted by molar-refractivity contribution is 6.62. The van der Waals surface area contributed by atoms with Crippen molar-refractivity contribution in [2.24, 2.45) is 5.73 Å². The fourth-order valence-corrected chi connectivity index (χ4v) is 6.42. The Morgan fingerprint density at radius 1 is 1.19 bits per heavy atom. The average molecular weight is 318 g/mol. The van der Waals surface area contributed by atoms with Gasteiger partial charge in [-0.15, -0.1) is 0 Å². The van der Waals surface area contributed by atoms with E-state index in [0.717, 1.165) is 25.8 Å². The van der Waals surface area contributed by atoms with E-state index in [-0.39, 0.29) is 17.6 Å². The SMILES string of the molecule is CCO[Si](OCC)(OCC)C(CC)N1CCCC1C(N)=O. The minimum absolute atomic E-state index is 0.0163. The normalized spacial score (nSPS) is 21.6. The quantitative estimate of drug-likeness (QED) is 0.615. The first-order chi connectivity index (χ1) is 10.1. The van der Waals surface area contributed by atoms with E-state index in [4.69, 9.17) is 19.0 Å². The topological polar surface area (TPSA) is 74.0 Å². The van der Waals surface area contributed by atoms with Crippen LogP contribution in [-0.4, -0.2) is 57.7 Å². The molecule has 1 fully saturated rings. The molecule has 1 rings (SSSR count). The van der Waals surface area contributed by atoms with Gasteiger partial charge in [0, 0.05) is 19.8 Å². The van der Waals surface area contributed by atoms with Crippen LogP contribution in [0.15, 0.2) is 0 Å². The summed E-state index contributed by atoms with van der Waals surface area (Å²) in [7, 11) is -2.86. The lowest BCUT2D eigenvalue weighted by Gasteiger charge is -2.41. The van der Waals surface area contributed by atoms with Crippen molar-refractivity contribution in [2.45, 2.75) is 58.7 Å². The molecule has 2 unspecified atom stereocenters. The van der Waals surface area contributed by atoms with Crippen molar-refractivity contribution in [1.29, 1.82) is 0 Å². The molecule has 0 spiro atoms. The van der Waals surface area contributed by atoms with Gasteiger partial charge in [-0.05, 0) is 46.6 Å². The molecular weight excluding hydrogens is 288 g/mol. The first-order valence-electron chi connectivity index (χ1n) is 8.03. The van der Waals surface area contributed by atoms with Gasteiger partial charge in [0.25, 0.3) is 0 Å². The summed E-state index contributed by atoms with van der Waals surface area (Å²) in [5, 5.41) is 0. The maximum atomic E-state index is 11.7. The van der Waals surface area contributed by atoms with Crippen LogP contribution in [0.5, 0.6) is 0 Å². The maximum Gasteiger partial charge on any atom is 0.519 e. The summed E-state index contributed by atoms with van der Waals surface area (Å²) in [6, 6.07) is -0.233. The predicted octanol–water partition coefficient (Wildman–Crippen LogP) is 1.30. The molecule has 0 aliphatic carbocycles. The lowest BCUT2D eigenvalue weighted by atomic mass is 10.2. The predicted molar refractivity (Wildman–Crippen MR) is 83.6 cm³/mol. The number of carbonyl (C=O) groups excluding carboxylic acids is 1. The summed E-state index contributed by atoms with van der Waals surface area (Å²) in [4.78, 5) is 13.9. The van der Waals surface area contributed by atoms with Crippen LogP contribution in [0.3, 0.4) is 0 Å². The summed E-state index contributed by atoms with van der Waals surface area (Å²) in [6.45, 7) is 10.4. The zero-order valence-electron chi connectivity index (χ0n) is 13.8.